The van der Waals surface area contributed by atoms with Gasteiger partial charge in [-0.05, 0) is 54.1 Å². The van der Waals surface area contributed by atoms with Gasteiger partial charge >= 0.3 is 0 Å². The molecule has 0 radical (unpaired) electrons. The van der Waals surface area contributed by atoms with Crippen LogP contribution >= 0.6 is 0 Å². The Kier molecular flexibility index (Phi) is 8.11. The zero-order chi connectivity index (χ0) is 42.1. The van der Waals surface area contributed by atoms with Gasteiger partial charge in [-0.3, -0.25) is 0 Å². The topological polar surface area (TPSA) is 69.6 Å². The number of rotatable bonds is 6. The number of pyridine rings is 1. The highest BCUT2D eigenvalue weighted by molar-refractivity contribution is 6.27. The van der Waals surface area contributed by atoms with Gasteiger partial charge in [-0.15, -0.1) is 0 Å². The molecule has 13 aromatic rings. The molecule has 9 aromatic carbocycles. The second-order valence-electron chi connectivity index (χ2n) is 16.2. The normalized spacial score (nSPS) is 11.8. The van der Waals surface area contributed by atoms with Crippen molar-refractivity contribution < 1.29 is 4.42 Å². The van der Waals surface area contributed by atoms with Gasteiger partial charge in [0.15, 0.2) is 17.5 Å². The van der Waals surface area contributed by atoms with Crippen molar-refractivity contribution in [2.24, 2.45) is 0 Å². The molecule has 0 saturated heterocycles. The van der Waals surface area contributed by atoms with Gasteiger partial charge in [0.1, 0.15) is 11.2 Å². The maximum absolute atomic E-state index is 6.65. The molecule has 13 rings (SSSR count). The Balaban J connectivity index is 1.02. The lowest BCUT2D eigenvalue weighted by Gasteiger charge is -2.16. The van der Waals surface area contributed by atoms with Crippen molar-refractivity contribution in [2.75, 3.05) is 0 Å². The minimum atomic E-state index is 0.572. The summed E-state index contributed by atoms with van der Waals surface area (Å²) in [7, 11) is 0. The Labute approximate surface area is 367 Å². The first-order valence-corrected chi connectivity index (χ1v) is 21.5. The number of furan rings is 1. The molecule has 0 N–H and O–H groups in total. The second-order valence-corrected chi connectivity index (χ2v) is 16.2. The third-order valence-electron chi connectivity index (χ3n) is 12.4. The van der Waals surface area contributed by atoms with E-state index < -0.39 is 0 Å². The lowest BCUT2D eigenvalue weighted by molar-refractivity contribution is 0.669. The van der Waals surface area contributed by atoms with E-state index in [9.17, 15) is 0 Å². The highest BCUT2D eigenvalue weighted by Crippen LogP contribution is 2.46. The summed E-state index contributed by atoms with van der Waals surface area (Å²) in [6, 6.07) is 73.7. The number of nitrogens with zero attached hydrogens (tertiary/aromatic N) is 5. The summed E-state index contributed by atoms with van der Waals surface area (Å²) in [5.41, 5.74) is 12.6. The molecule has 6 heteroatoms. The Morgan fingerprint density at radius 3 is 1.58 bits per heavy atom. The molecule has 0 amide bonds. The number of hydrogen-bond donors (Lipinski definition) is 0. The average Bonchev–Trinajstić information content (AvgIpc) is 3.91. The van der Waals surface area contributed by atoms with E-state index in [1.54, 1.807) is 0 Å². The van der Waals surface area contributed by atoms with E-state index in [0.29, 0.717) is 17.5 Å². The van der Waals surface area contributed by atoms with Gasteiger partial charge in [-0.2, -0.15) is 0 Å². The average molecular weight is 818 g/mol. The molecule has 0 atom stereocenters. The van der Waals surface area contributed by atoms with E-state index in [1.165, 1.54) is 10.8 Å². The quantitative estimate of drug-likeness (QED) is 0.156. The maximum Gasteiger partial charge on any atom is 0.164 e. The van der Waals surface area contributed by atoms with Crippen molar-refractivity contribution >= 4 is 65.4 Å². The van der Waals surface area contributed by atoms with Gasteiger partial charge < -0.3 is 8.98 Å². The molecular weight excluding hydrogens is 783 g/mol. The molecule has 0 fully saturated rings. The number of hydrogen-bond acceptors (Lipinski definition) is 5. The largest absolute Gasteiger partial charge is 0.456 e. The predicted molar refractivity (Wildman–Crippen MR) is 261 cm³/mol. The van der Waals surface area contributed by atoms with Crippen molar-refractivity contribution in [2.45, 2.75) is 0 Å². The molecule has 0 aliphatic rings. The molecule has 0 bridgehead atoms. The first kappa shape index (κ1) is 36.0. The Morgan fingerprint density at radius 1 is 0.328 bits per heavy atom. The highest BCUT2D eigenvalue weighted by atomic mass is 16.3. The van der Waals surface area contributed by atoms with E-state index in [-0.39, 0.29) is 0 Å². The van der Waals surface area contributed by atoms with E-state index in [4.69, 9.17) is 24.4 Å². The first-order valence-electron chi connectivity index (χ1n) is 21.5. The predicted octanol–water partition coefficient (Wildman–Crippen LogP) is 14.9. The van der Waals surface area contributed by atoms with Gasteiger partial charge in [-0.1, -0.05) is 164 Å². The van der Waals surface area contributed by atoms with E-state index in [2.05, 4.69) is 174 Å². The highest BCUT2D eigenvalue weighted by Gasteiger charge is 2.22. The fourth-order valence-electron chi connectivity index (χ4n) is 9.57. The minimum Gasteiger partial charge on any atom is -0.456 e. The van der Waals surface area contributed by atoms with E-state index in [0.717, 1.165) is 99.4 Å². The summed E-state index contributed by atoms with van der Waals surface area (Å²) >= 11 is 0. The SMILES string of the molecule is c1ccc(-c2nc(-c3cccc(-c4nc5ccccc5c5c(-c6ccccc6)c6c(cc45)oc4ccccc46)c3)nc(-c3cccc(-n4c5ccccc5c5ccccc54)c3)n2)cc1. The second kappa shape index (κ2) is 14.4. The lowest BCUT2D eigenvalue weighted by atomic mass is 9.89. The molecule has 4 heterocycles. The zero-order valence-electron chi connectivity index (χ0n) is 34.4. The van der Waals surface area contributed by atoms with Crippen LogP contribution in [0, 0.1) is 0 Å². The van der Waals surface area contributed by atoms with Crippen LogP contribution in [0.4, 0.5) is 0 Å². The van der Waals surface area contributed by atoms with Crippen LogP contribution in [0.15, 0.2) is 217 Å². The zero-order valence-corrected chi connectivity index (χ0v) is 34.4. The van der Waals surface area contributed by atoms with Crippen LogP contribution in [0.1, 0.15) is 0 Å². The van der Waals surface area contributed by atoms with Crippen molar-refractivity contribution in [3.8, 4) is 62.2 Å². The Morgan fingerprint density at radius 2 is 0.859 bits per heavy atom. The first-order chi connectivity index (χ1) is 31.7. The molecule has 0 unspecified atom stereocenters. The van der Waals surface area contributed by atoms with Gasteiger partial charge in [0, 0.05) is 71.2 Å². The summed E-state index contributed by atoms with van der Waals surface area (Å²) in [6.07, 6.45) is 0. The smallest absolute Gasteiger partial charge is 0.164 e. The molecule has 0 aliphatic carbocycles. The van der Waals surface area contributed by atoms with Crippen molar-refractivity contribution in [3.63, 3.8) is 0 Å². The van der Waals surface area contributed by atoms with Crippen LogP contribution in [-0.4, -0.2) is 24.5 Å². The number of benzene rings is 9. The molecule has 4 aromatic heterocycles. The monoisotopic (exact) mass is 817 g/mol. The van der Waals surface area contributed by atoms with Gasteiger partial charge in [0.2, 0.25) is 0 Å². The summed E-state index contributed by atoms with van der Waals surface area (Å²) in [6.45, 7) is 0. The van der Waals surface area contributed by atoms with Gasteiger partial charge in [0.05, 0.1) is 22.2 Å². The molecule has 6 nitrogen and oxygen atoms in total. The molecule has 0 spiro atoms. The maximum atomic E-state index is 6.65. The van der Waals surface area contributed by atoms with Crippen LogP contribution in [0.5, 0.6) is 0 Å². The van der Waals surface area contributed by atoms with E-state index >= 15 is 0 Å². The van der Waals surface area contributed by atoms with E-state index in [1.807, 2.05) is 42.5 Å². The summed E-state index contributed by atoms with van der Waals surface area (Å²) in [5, 5.41) is 7.83. The van der Waals surface area contributed by atoms with Crippen LogP contribution in [0.3, 0.4) is 0 Å². The number of aromatic nitrogens is 5. The lowest BCUT2D eigenvalue weighted by Crippen LogP contribution is -2.01. The fraction of sp³-hybridized carbons (Fsp3) is 0. The van der Waals surface area contributed by atoms with Crippen LogP contribution < -0.4 is 0 Å². The van der Waals surface area contributed by atoms with Crippen LogP contribution in [0.25, 0.3) is 128 Å². The molecule has 0 saturated carbocycles. The van der Waals surface area contributed by atoms with Crippen LogP contribution in [0.2, 0.25) is 0 Å². The van der Waals surface area contributed by atoms with Gasteiger partial charge in [-0.25, -0.2) is 19.9 Å². The summed E-state index contributed by atoms with van der Waals surface area (Å²) in [5.74, 6) is 1.76. The molecular formula is C58H35N5O. The minimum absolute atomic E-state index is 0.572. The summed E-state index contributed by atoms with van der Waals surface area (Å²) in [4.78, 5) is 20.9. The Bertz CT molecular complexity index is 3910. The number of para-hydroxylation sites is 4. The van der Waals surface area contributed by atoms with Crippen molar-refractivity contribution in [1.82, 2.24) is 24.5 Å². The summed E-state index contributed by atoms with van der Waals surface area (Å²) < 4.78 is 8.97. The third kappa shape index (κ3) is 5.73. The Hall–Kier alpha value is -8.74. The molecule has 64 heavy (non-hydrogen) atoms. The van der Waals surface area contributed by atoms with Crippen molar-refractivity contribution in [1.29, 1.82) is 0 Å². The standard InChI is InChI=1S/C58H35N5O/c1-3-17-36(18-4-1)52-53-44-27-7-11-29-47(44)59-55(46(53)35-51-54(52)45-28-10-14-32-50(45)64-51)38-21-15-22-39(33-38)57-60-56(37-19-5-2-6-20-37)61-58(62-57)40-23-16-24-41(34-40)63-48-30-12-8-25-42(48)43-26-9-13-31-49(43)63/h1-35H. The molecule has 298 valence electrons. The number of fused-ring (bicyclic) bond motifs is 9. The van der Waals surface area contributed by atoms with Crippen molar-refractivity contribution in [3.05, 3.63) is 212 Å². The fourth-order valence-corrected chi connectivity index (χ4v) is 9.57. The van der Waals surface area contributed by atoms with Gasteiger partial charge in [0.25, 0.3) is 0 Å². The third-order valence-corrected chi connectivity index (χ3v) is 12.4. The van der Waals surface area contributed by atoms with Crippen LogP contribution in [-0.2, 0) is 0 Å². The molecule has 0 aliphatic heterocycles.